The van der Waals surface area contributed by atoms with Crippen LogP contribution in [0.25, 0.3) is 0 Å². The summed E-state index contributed by atoms with van der Waals surface area (Å²) in [6, 6.07) is 0.0711. The minimum absolute atomic E-state index is 0.0711. The maximum absolute atomic E-state index is 6.09. The van der Waals surface area contributed by atoms with Crippen LogP contribution in [0.15, 0.2) is 12.4 Å². The van der Waals surface area contributed by atoms with Gasteiger partial charge in [0.1, 0.15) is 5.82 Å². The van der Waals surface area contributed by atoms with Crippen LogP contribution in [0, 0.1) is 5.92 Å². The first kappa shape index (κ1) is 12.2. The molecule has 2 atom stereocenters. The molecule has 0 aromatic carbocycles. The van der Waals surface area contributed by atoms with Gasteiger partial charge in [0.2, 0.25) is 0 Å². The molecule has 0 saturated carbocycles. The molecule has 0 bridgehead atoms. The largest absolute Gasteiger partial charge is 0.347 e. The summed E-state index contributed by atoms with van der Waals surface area (Å²) in [6.45, 7) is 4.48. The fourth-order valence-corrected chi connectivity index (χ4v) is 1.93. The van der Waals surface area contributed by atoms with Crippen LogP contribution >= 0.6 is 0 Å². The standard InChI is InChI=1S/C12H23N3/c1-3-5-6-10(4-2)9-11(13)12-14-7-8-15-12/h7-8,10-11H,3-6,9,13H2,1-2H3,(H,14,15). The van der Waals surface area contributed by atoms with Gasteiger partial charge >= 0.3 is 0 Å². The molecule has 0 aliphatic rings. The molecule has 2 unspecified atom stereocenters. The molecule has 0 aliphatic heterocycles. The highest BCUT2D eigenvalue weighted by atomic mass is 14.9. The smallest absolute Gasteiger partial charge is 0.123 e. The lowest BCUT2D eigenvalue weighted by Gasteiger charge is -2.18. The molecule has 15 heavy (non-hydrogen) atoms. The normalized spacial score (nSPS) is 15.1. The Bertz CT molecular complexity index is 243. The number of H-pyrrole nitrogens is 1. The van der Waals surface area contributed by atoms with Crippen LogP contribution in [0.4, 0.5) is 0 Å². The highest BCUT2D eigenvalue weighted by Crippen LogP contribution is 2.23. The molecule has 1 aromatic heterocycles. The molecule has 0 fully saturated rings. The number of aromatic nitrogens is 2. The van der Waals surface area contributed by atoms with E-state index in [9.17, 15) is 0 Å². The molecule has 1 aromatic rings. The zero-order valence-electron chi connectivity index (χ0n) is 9.87. The van der Waals surface area contributed by atoms with E-state index in [1.54, 1.807) is 6.20 Å². The van der Waals surface area contributed by atoms with E-state index in [-0.39, 0.29) is 6.04 Å². The molecule has 0 saturated heterocycles. The van der Waals surface area contributed by atoms with Gasteiger partial charge in [0.15, 0.2) is 0 Å². The molecule has 0 aliphatic carbocycles. The van der Waals surface area contributed by atoms with Crippen LogP contribution in [0.5, 0.6) is 0 Å². The van der Waals surface area contributed by atoms with Crippen molar-refractivity contribution in [3.63, 3.8) is 0 Å². The molecule has 0 spiro atoms. The predicted octanol–water partition coefficient (Wildman–Crippen LogP) is 3.02. The number of aromatic amines is 1. The summed E-state index contributed by atoms with van der Waals surface area (Å²) in [5.74, 6) is 1.66. The van der Waals surface area contributed by atoms with Gasteiger partial charge in [-0.1, -0.05) is 39.5 Å². The minimum Gasteiger partial charge on any atom is -0.347 e. The number of nitrogens with one attached hydrogen (secondary N) is 1. The van der Waals surface area contributed by atoms with Crippen molar-refractivity contribution in [1.29, 1.82) is 0 Å². The molecule has 0 radical (unpaired) electrons. The number of nitrogens with zero attached hydrogens (tertiary/aromatic N) is 1. The van der Waals surface area contributed by atoms with E-state index in [0.29, 0.717) is 0 Å². The van der Waals surface area contributed by atoms with E-state index in [0.717, 1.165) is 18.2 Å². The SMILES string of the molecule is CCCCC(CC)CC(N)c1ncc[nH]1. The molecule has 3 nitrogen and oxygen atoms in total. The number of hydrogen-bond donors (Lipinski definition) is 2. The number of nitrogens with two attached hydrogens (primary N) is 1. The average Bonchev–Trinajstić information content (AvgIpc) is 2.77. The molecular weight excluding hydrogens is 186 g/mol. The highest BCUT2D eigenvalue weighted by molar-refractivity contribution is 4.94. The van der Waals surface area contributed by atoms with Gasteiger partial charge in [0.05, 0.1) is 6.04 Å². The minimum atomic E-state index is 0.0711. The molecule has 3 heteroatoms. The van der Waals surface area contributed by atoms with Crippen LogP contribution in [0.3, 0.4) is 0 Å². The third-order valence-electron chi connectivity index (χ3n) is 3.00. The van der Waals surface area contributed by atoms with Crippen molar-refractivity contribution < 1.29 is 0 Å². The molecule has 86 valence electrons. The van der Waals surface area contributed by atoms with Crippen LogP contribution in [-0.4, -0.2) is 9.97 Å². The van der Waals surface area contributed by atoms with Gasteiger partial charge in [0, 0.05) is 12.4 Å². The van der Waals surface area contributed by atoms with Crippen LogP contribution in [-0.2, 0) is 0 Å². The van der Waals surface area contributed by atoms with Crippen molar-refractivity contribution in [2.75, 3.05) is 0 Å². The lowest BCUT2D eigenvalue weighted by atomic mass is 9.92. The Labute approximate surface area is 92.5 Å². The summed E-state index contributed by atoms with van der Waals surface area (Å²) in [5, 5.41) is 0. The number of unbranched alkanes of at least 4 members (excludes halogenated alkanes) is 1. The van der Waals surface area contributed by atoms with Crippen molar-refractivity contribution >= 4 is 0 Å². The summed E-state index contributed by atoms with van der Waals surface area (Å²) in [5.41, 5.74) is 6.09. The second kappa shape index (κ2) is 6.62. The van der Waals surface area contributed by atoms with E-state index in [2.05, 4.69) is 23.8 Å². The topological polar surface area (TPSA) is 54.7 Å². The van der Waals surface area contributed by atoms with Gasteiger partial charge in [0.25, 0.3) is 0 Å². The Balaban J connectivity index is 2.37. The van der Waals surface area contributed by atoms with E-state index >= 15 is 0 Å². The van der Waals surface area contributed by atoms with E-state index < -0.39 is 0 Å². The molecular formula is C12H23N3. The summed E-state index contributed by atoms with van der Waals surface area (Å²) in [7, 11) is 0. The van der Waals surface area contributed by atoms with Crippen LogP contribution in [0.2, 0.25) is 0 Å². The first-order chi connectivity index (χ1) is 7.27. The third-order valence-corrected chi connectivity index (χ3v) is 3.00. The van der Waals surface area contributed by atoms with Crippen molar-refractivity contribution in [2.45, 2.75) is 52.0 Å². The summed E-state index contributed by atoms with van der Waals surface area (Å²) in [6.07, 6.45) is 9.74. The summed E-state index contributed by atoms with van der Waals surface area (Å²) in [4.78, 5) is 7.29. The number of hydrogen-bond acceptors (Lipinski definition) is 2. The van der Waals surface area contributed by atoms with Gasteiger partial charge in [-0.3, -0.25) is 0 Å². The Kier molecular flexibility index (Phi) is 5.40. The van der Waals surface area contributed by atoms with Gasteiger partial charge in [-0.05, 0) is 12.3 Å². The fourth-order valence-electron chi connectivity index (χ4n) is 1.93. The number of rotatable bonds is 7. The van der Waals surface area contributed by atoms with Crippen LogP contribution in [0.1, 0.15) is 57.8 Å². The summed E-state index contributed by atoms with van der Waals surface area (Å²) < 4.78 is 0. The van der Waals surface area contributed by atoms with Crippen LogP contribution < -0.4 is 5.73 Å². The monoisotopic (exact) mass is 209 g/mol. The maximum Gasteiger partial charge on any atom is 0.123 e. The Hall–Kier alpha value is -0.830. The van der Waals surface area contributed by atoms with Gasteiger partial charge in [-0.15, -0.1) is 0 Å². The van der Waals surface area contributed by atoms with E-state index in [1.807, 2.05) is 6.20 Å². The quantitative estimate of drug-likeness (QED) is 0.725. The predicted molar refractivity (Wildman–Crippen MR) is 63.4 cm³/mol. The molecule has 1 rings (SSSR count). The first-order valence-electron chi connectivity index (χ1n) is 6.02. The zero-order valence-corrected chi connectivity index (χ0v) is 9.87. The van der Waals surface area contributed by atoms with Crippen molar-refractivity contribution in [3.8, 4) is 0 Å². The lowest BCUT2D eigenvalue weighted by Crippen LogP contribution is -2.16. The Morgan fingerprint density at radius 3 is 2.80 bits per heavy atom. The van der Waals surface area contributed by atoms with E-state index in [4.69, 9.17) is 5.73 Å². The number of imidazole rings is 1. The van der Waals surface area contributed by atoms with Crippen molar-refractivity contribution in [1.82, 2.24) is 9.97 Å². The second-order valence-electron chi connectivity index (χ2n) is 4.23. The van der Waals surface area contributed by atoms with Crippen molar-refractivity contribution in [2.24, 2.45) is 11.7 Å². The average molecular weight is 209 g/mol. The Morgan fingerprint density at radius 2 is 2.27 bits per heavy atom. The van der Waals surface area contributed by atoms with E-state index in [1.165, 1.54) is 25.7 Å². The highest BCUT2D eigenvalue weighted by Gasteiger charge is 2.14. The summed E-state index contributed by atoms with van der Waals surface area (Å²) >= 11 is 0. The van der Waals surface area contributed by atoms with Gasteiger partial charge < -0.3 is 10.7 Å². The Morgan fingerprint density at radius 1 is 1.47 bits per heavy atom. The molecule has 1 heterocycles. The third kappa shape index (κ3) is 4.04. The van der Waals surface area contributed by atoms with Gasteiger partial charge in [-0.2, -0.15) is 0 Å². The molecule has 0 amide bonds. The van der Waals surface area contributed by atoms with Gasteiger partial charge in [-0.25, -0.2) is 4.98 Å². The first-order valence-corrected chi connectivity index (χ1v) is 6.02. The lowest BCUT2D eigenvalue weighted by molar-refractivity contribution is 0.383. The zero-order chi connectivity index (χ0) is 11.1. The van der Waals surface area contributed by atoms with Crippen molar-refractivity contribution in [3.05, 3.63) is 18.2 Å². The second-order valence-corrected chi connectivity index (χ2v) is 4.23. The molecule has 3 N–H and O–H groups in total. The fraction of sp³-hybridized carbons (Fsp3) is 0.750. The maximum atomic E-state index is 6.09.